The zero-order valence-corrected chi connectivity index (χ0v) is 19.8. The average Bonchev–Trinajstić information content (AvgIpc) is 3.07. The van der Waals surface area contributed by atoms with Gasteiger partial charge in [0, 0.05) is 13.7 Å². The molecule has 6 heteroatoms. The van der Waals surface area contributed by atoms with Crippen molar-refractivity contribution in [3.05, 3.63) is 53.6 Å². The molecule has 0 saturated carbocycles. The number of alkyl carbamates (subject to hydrolysis) is 1. The summed E-state index contributed by atoms with van der Waals surface area (Å²) in [5, 5.41) is 3.21. The standard InChI is InChI=1S/C27H34N2O4/c1-27(2)15-21-14-20(18-4-7-22(8-5-18)32-17-31-3)6-9-23(21)25(27)28-26(30)33-24-16-29-12-10-19(24)11-13-29/h4-9,14,19,24-25H,10-13,15-17H2,1-3H3,(H,28,30)/t24-,25?/m1/s1. The van der Waals surface area contributed by atoms with Crippen LogP contribution in [0.4, 0.5) is 4.79 Å². The second kappa shape index (κ2) is 8.99. The van der Waals surface area contributed by atoms with Crippen molar-refractivity contribution in [2.24, 2.45) is 11.3 Å². The van der Waals surface area contributed by atoms with E-state index in [2.05, 4.69) is 54.4 Å². The summed E-state index contributed by atoms with van der Waals surface area (Å²) in [6.07, 6.45) is 2.93. The zero-order chi connectivity index (χ0) is 23.0. The minimum absolute atomic E-state index is 0.0229. The van der Waals surface area contributed by atoms with Crippen molar-refractivity contribution >= 4 is 6.09 Å². The Morgan fingerprint density at radius 3 is 2.48 bits per heavy atom. The van der Waals surface area contributed by atoms with Crippen LogP contribution in [0.15, 0.2) is 42.5 Å². The van der Waals surface area contributed by atoms with Crippen LogP contribution in [-0.2, 0) is 15.9 Å². The lowest BCUT2D eigenvalue weighted by Crippen LogP contribution is -2.53. The van der Waals surface area contributed by atoms with Gasteiger partial charge < -0.3 is 19.5 Å². The highest BCUT2D eigenvalue weighted by molar-refractivity contribution is 5.70. The molecule has 33 heavy (non-hydrogen) atoms. The van der Waals surface area contributed by atoms with Gasteiger partial charge in [-0.25, -0.2) is 4.79 Å². The first kappa shape index (κ1) is 22.2. The number of carbonyl (C=O) groups is 1. The van der Waals surface area contributed by atoms with E-state index in [0.717, 1.165) is 50.2 Å². The summed E-state index contributed by atoms with van der Waals surface area (Å²) in [6, 6.07) is 14.5. The number of hydrogen-bond donors (Lipinski definition) is 1. The summed E-state index contributed by atoms with van der Waals surface area (Å²) in [4.78, 5) is 15.3. The lowest BCUT2D eigenvalue weighted by atomic mass is 9.85. The molecule has 1 aliphatic carbocycles. The molecule has 2 aromatic carbocycles. The van der Waals surface area contributed by atoms with Crippen LogP contribution in [-0.4, -0.2) is 50.6 Å². The van der Waals surface area contributed by atoms with Crippen molar-refractivity contribution in [3.63, 3.8) is 0 Å². The van der Waals surface area contributed by atoms with Crippen LogP contribution in [0.5, 0.6) is 5.75 Å². The number of nitrogens with zero attached hydrogens (tertiary/aromatic N) is 1. The third-order valence-corrected chi connectivity index (χ3v) is 7.53. The van der Waals surface area contributed by atoms with Gasteiger partial charge in [-0.2, -0.15) is 0 Å². The van der Waals surface area contributed by atoms with Crippen LogP contribution in [0.25, 0.3) is 11.1 Å². The van der Waals surface area contributed by atoms with Crippen LogP contribution in [0.2, 0.25) is 0 Å². The van der Waals surface area contributed by atoms with Crippen molar-refractivity contribution in [2.75, 3.05) is 33.5 Å². The summed E-state index contributed by atoms with van der Waals surface area (Å²) in [5.74, 6) is 1.30. The number of benzene rings is 2. The molecule has 2 atom stereocenters. The van der Waals surface area contributed by atoms with E-state index >= 15 is 0 Å². The van der Waals surface area contributed by atoms with Gasteiger partial charge >= 0.3 is 6.09 Å². The molecule has 0 spiro atoms. The van der Waals surface area contributed by atoms with Crippen LogP contribution in [0.1, 0.15) is 43.9 Å². The maximum absolute atomic E-state index is 12.9. The van der Waals surface area contributed by atoms with Crippen LogP contribution < -0.4 is 10.1 Å². The normalized spacial score (nSPS) is 27.1. The lowest BCUT2D eigenvalue weighted by Gasteiger charge is -2.44. The molecule has 6 nitrogen and oxygen atoms in total. The van der Waals surface area contributed by atoms with E-state index in [4.69, 9.17) is 14.2 Å². The van der Waals surface area contributed by atoms with Gasteiger partial charge in [0.1, 0.15) is 11.9 Å². The van der Waals surface area contributed by atoms with Crippen LogP contribution in [0, 0.1) is 11.3 Å². The molecule has 1 N–H and O–H groups in total. The second-order valence-corrected chi connectivity index (χ2v) is 10.3. The highest BCUT2D eigenvalue weighted by Crippen LogP contribution is 2.46. The topological polar surface area (TPSA) is 60.0 Å². The molecule has 176 valence electrons. The monoisotopic (exact) mass is 450 g/mol. The van der Waals surface area contributed by atoms with Gasteiger partial charge in [-0.3, -0.25) is 4.90 Å². The van der Waals surface area contributed by atoms with Gasteiger partial charge in [0.05, 0.1) is 6.04 Å². The molecular weight excluding hydrogens is 416 g/mol. The molecule has 1 amide bonds. The highest BCUT2D eigenvalue weighted by Gasteiger charge is 2.42. The van der Waals surface area contributed by atoms with E-state index in [1.165, 1.54) is 16.7 Å². The predicted molar refractivity (Wildman–Crippen MR) is 127 cm³/mol. The van der Waals surface area contributed by atoms with Crippen LogP contribution >= 0.6 is 0 Å². The molecule has 1 unspecified atom stereocenters. The van der Waals surface area contributed by atoms with E-state index < -0.39 is 0 Å². The van der Waals surface area contributed by atoms with Crippen molar-refractivity contribution in [1.82, 2.24) is 10.2 Å². The fourth-order valence-electron chi connectivity index (χ4n) is 5.71. The molecule has 2 bridgehead atoms. The molecule has 3 saturated heterocycles. The minimum Gasteiger partial charge on any atom is -0.468 e. The summed E-state index contributed by atoms with van der Waals surface area (Å²) in [6.45, 7) is 7.83. The average molecular weight is 451 g/mol. The summed E-state index contributed by atoms with van der Waals surface area (Å²) in [7, 11) is 1.61. The molecule has 0 aromatic heterocycles. The van der Waals surface area contributed by atoms with E-state index in [-0.39, 0.29) is 30.4 Å². The molecule has 6 rings (SSSR count). The van der Waals surface area contributed by atoms with Gasteiger partial charge in [-0.15, -0.1) is 0 Å². The molecule has 3 heterocycles. The maximum atomic E-state index is 12.9. The van der Waals surface area contributed by atoms with Crippen LogP contribution in [0.3, 0.4) is 0 Å². The van der Waals surface area contributed by atoms with E-state index in [9.17, 15) is 4.79 Å². The number of carbonyl (C=O) groups excluding carboxylic acids is 1. The van der Waals surface area contributed by atoms with Gasteiger partial charge in [0.2, 0.25) is 0 Å². The fraction of sp³-hybridized carbons (Fsp3) is 0.519. The minimum atomic E-state index is -0.282. The van der Waals surface area contributed by atoms with E-state index in [1.807, 2.05) is 12.1 Å². The number of nitrogens with one attached hydrogen (secondary N) is 1. The number of fused-ring (bicyclic) bond motifs is 4. The Bertz CT molecular complexity index is 996. The van der Waals surface area contributed by atoms with Gasteiger partial charge in [0.25, 0.3) is 0 Å². The third kappa shape index (κ3) is 4.59. The molecule has 2 aromatic rings. The van der Waals surface area contributed by atoms with Crippen molar-refractivity contribution in [2.45, 2.75) is 45.3 Å². The number of hydrogen-bond acceptors (Lipinski definition) is 5. The molecular formula is C27H34N2O4. The summed E-state index contributed by atoms with van der Waals surface area (Å²) < 4.78 is 16.4. The predicted octanol–water partition coefficient (Wildman–Crippen LogP) is 4.78. The molecule has 4 aliphatic rings. The number of ether oxygens (including phenoxy) is 3. The third-order valence-electron chi connectivity index (χ3n) is 7.53. The smallest absolute Gasteiger partial charge is 0.407 e. The zero-order valence-electron chi connectivity index (χ0n) is 19.8. The Morgan fingerprint density at radius 1 is 1.09 bits per heavy atom. The van der Waals surface area contributed by atoms with Crippen molar-refractivity contribution in [1.29, 1.82) is 0 Å². The second-order valence-electron chi connectivity index (χ2n) is 10.3. The number of amides is 1. The number of rotatable bonds is 6. The Labute approximate surface area is 196 Å². The number of piperidine rings is 3. The Hall–Kier alpha value is -2.57. The highest BCUT2D eigenvalue weighted by atomic mass is 16.7. The molecule has 3 aliphatic heterocycles. The first-order valence-electron chi connectivity index (χ1n) is 12.0. The van der Waals surface area contributed by atoms with Gasteiger partial charge in [-0.05, 0) is 78.1 Å². The Kier molecular flexibility index (Phi) is 6.06. The lowest BCUT2D eigenvalue weighted by molar-refractivity contribution is -0.0348. The van der Waals surface area contributed by atoms with Gasteiger partial charge in [0.15, 0.2) is 6.79 Å². The van der Waals surface area contributed by atoms with Crippen molar-refractivity contribution < 1.29 is 19.0 Å². The SMILES string of the molecule is COCOc1ccc(-c2ccc3c(c2)CC(C)(C)C3NC(=O)O[C@@H]2CN3CCC2CC3)cc1. The molecule has 0 radical (unpaired) electrons. The van der Waals surface area contributed by atoms with Crippen molar-refractivity contribution in [3.8, 4) is 16.9 Å². The summed E-state index contributed by atoms with van der Waals surface area (Å²) >= 11 is 0. The maximum Gasteiger partial charge on any atom is 0.407 e. The largest absolute Gasteiger partial charge is 0.468 e. The Balaban J connectivity index is 1.28. The number of methoxy groups -OCH3 is 1. The quantitative estimate of drug-likeness (QED) is 0.642. The first-order valence-corrected chi connectivity index (χ1v) is 12.0. The summed E-state index contributed by atoms with van der Waals surface area (Å²) in [5.41, 5.74) is 4.70. The van der Waals surface area contributed by atoms with E-state index in [1.54, 1.807) is 7.11 Å². The molecule has 3 fully saturated rings. The first-order chi connectivity index (χ1) is 15.9. The Morgan fingerprint density at radius 2 is 1.82 bits per heavy atom. The van der Waals surface area contributed by atoms with Gasteiger partial charge in [-0.1, -0.05) is 44.2 Å². The fourth-order valence-corrected chi connectivity index (χ4v) is 5.71. The van der Waals surface area contributed by atoms with E-state index in [0.29, 0.717) is 5.92 Å².